The van der Waals surface area contributed by atoms with Gasteiger partial charge in [0.1, 0.15) is 29.7 Å². The number of hydrogen-bond donors (Lipinski definition) is 2. The largest absolute Gasteiger partial charge is 0.508 e. The lowest BCUT2D eigenvalue weighted by Gasteiger charge is -2.11. The molecule has 0 aliphatic rings. The lowest BCUT2D eigenvalue weighted by Crippen LogP contribution is -2.13. The number of anilines is 1. The van der Waals surface area contributed by atoms with E-state index in [0.717, 1.165) is 5.56 Å². The minimum absolute atomic E-state index is 0.0769. The van der Waals surface area contributed by atoms with E-state index < -0.39 is 5.91 Å². The van der Waals surface area contributed by atoms with E-state index in [1.807, 2.05) is 18.2 Å². The molecule has 6 heteroatoms. The zero-order chi connectivity index (χ0) is 21.3. The van der Waals surface area contributed by atoms with E-state index in [4.69, 9.17) is 4.74 Å². The number of amides is 1. The standard InChI is InChI=1S/C24H17N3O3/c25-14-18-6-1-2-7-19(18)16-30-23-8-4-3-5-17(23)13-20(15-26)24(29)27-21-9-11-22(28)12-10-21/h1-13,28H,16H2,(H,27,29)/b20-13-. The van der Waals surface area contributed by atoms with E-state index in [2.05, 4.69) is 11.4 Å². The summed E-state index contributed by atoms with van der Waals surface area (Å²) in [5.74, 6) is -0.0173. The Morgan fingerprint density at radius 2 is 1.70 bits per heavy atom. The monoisotopic (exact) mass is 395 g/mol. The van der Waals surface area contributed by atoms with Crippen molar-refractivity contribution in [3.8, 4) is 23.6 Å². The van der Waals surface area contributed by atoms with E-state index in [9.17, 15) is 20.4 Å². The van der Waals surface area contributed by atoms with Crippen molar-refractivity contribution in [3.63, 3.8) is 0 Å². The molecule has 0 aliphatic heterocycles. The second-order valence-electron chi connectivity index (χ2n) is 6.27. The van der Waals surface area contributed by atoms with Crippen LogP contribution in [0.5, 0.6) is 11.5 Å². The second-order valence-corrected chi connectivity index (χ2v) is 6.27. The molecule has 0 heterocycles. The molecule has 2 N–H and O–H groups in total. The summed E-state index contributed by atoms with van der Waals surface area (Å²) in [6, 6.07) is 24.1. The van der Waals surface area contributed by atoms with Gasteiger partial charge in [-0.25, -0.2) is 0 Å². The van der Waals surface area contributed by atoms with Gasteiger partial charge in [0.05, 0.1) is 11.6 Å². The lowest BCUT2D eigenvalue weighted by atomic mass is 10.1. The molecule has 0 unspecified atom stereocenters. The minimum Gasteiger partial charge on any atom is -0.508 e. The van der Waals surface area contributed by atoms with Crippen LogP contribution in [0.1, 0.15) is 16.7 Å². The first-order chi connectivity index (χ1) is 14.6. The molecule has 1 amide bonds. The molecule has 3 aromatic carbocycles. The van der Waals surface area contributed by atoms with Crippen LogP contribution in [0.25, 0.3) is 6.08 Å². The Balaban J connectivity index is 1.80. The van der Waals surface area contributed by atoms with Gasteiger partial charge in [0.2, 0.25) is 0 Å². The molecule has 30 heavy (non-hydrogen) atoms. The number of benzene rings is 3. The Hall–Kier alpha value is -4.55. The first-order valence-electron chi connectivity index (χ1n) is 9.02. The smallest absolute Gasteiger partial charge is 0.266 e. The van der Waals surface area contributed by atoms with Crippen LogP contribution in [-0.2, 0) is 11.4 Å². The van der Waals surface area contributed by atoms with Gasteiger partial charge in [-0.1, -0.05) is 36.4 Å². The molecule has 146 valence electrons. The fraction of sp³-hybridized carbons (Fsp3) is 0.0417. The van der Waals surface area contributed by atoms with Crippen LogP contribution >= 0.6 is 0 Å². The van der Waals surface area contributed by atoms with E-state index >= 15 is 0 Å². The van der Waals surface area contributed by atoms with Gasteiger partial charge in [-0.15, -0.1) is 0 Å². The average Bonchev–Trinajstić information content (AvgIpc) is 2.78. The van der Waals surface area contributed by atoms with Crippen molar-refractivity contribution in [3.05, 3.63) is 95.1 Å². The number of nitriles is 2. The number of ether oxygens (including phenoxy) is 1. The molecule has 0 atom stereocenters. The van der Waals surface area contributed by atoms with Crippen molar-refractivity contribution >= 4 is 17.7 Å². The van der Waals surface area contributed by atoms with E-state index in [-0.39, 0.29) is 17.9 Å². The van der Waals surface area contributed by atoms with Crippen LogP contribution in [0.15, 0.2) is 78.4 Å². The first kappa shape index (κ1) is 20.2. The minimum atomic E-state index is -0.576. The number of rotatable bonds is 6. The molecule has 3 aromatic rings. The van der Waals surface area contributed by atoms with Gasteiger partial charge >= 0.3 is 0 Å². The maximum atomic E-state index is 12.5. The predicted molar refractivity (Wildman–Crippen MR) is 112 cm³/mol. The van der Waals surface area contributed by atoms with Crippen LogP contribution in [0.3, 0.4) is 0 Å². The van der Waals surface area contributed by atoms with Crippen molar-refractivity contribution in [2.75, 3.05) is 5.32 Å². The molecular weight excluding hydrogens is 378 g/mol. The van der Waals surface area contributed by atoms with Gasteiger partial charge in [0.25, 0.3) is 5.91 Å². The second kappa shape index (κ2) is 9.59. The Labute approximate surface area is 173 Å². The fourth-order valence-corrected chi connectivity index (χ4v) is 2.69. The number of aromatic hydroxyl groups is 1. The van der Waals surface area contributed by atoms with Crippen molar-refractivity contribution in [1.82, 2.24) is 0 Å². The highest BCUT2D eigenvalue weighted by atomic mass is 16.5. The summed E-state index contributed by atoms with van der Waals surface area (Å²) in [5.41, 5.74) is 2.18. The van der Waals surface area contributed by atoms with Gasteiger partial charge in [0, 0.05) is 16.8 Å². The fourth-order valence-electron chi connectivity index (χ4n) is 2.69. The highest BCUT2D eigenvalue weighted by Gasteiger charge is 2.12. The van der Waals surface area contributed by atoms with Crippen LogP contribution in [-0.4, -0.2) is 11.0 Å². The van der Waals surface area contributed by atoms with Crippen molar-refractivity contribution in [1.29, 1.82) is 10.5 Å². The molecule has 0 saturated heterocycles. The van der Waals surface area contributed by atoms with Crippen LogP contribution in [0.2, 0.25) is 0 Å². The number of phenols is 1. The van der Waals surface area contributed by atoms with Gasteiger partial charge in [-0.05, 0) is 42.5 Å². The number of carbonyl (C=O) groups is 1. The normalized spacial score (nSPS) is 10.5. The molecule has 0 saturated carbocycles. The highest BCUT2D eigenvalue weighted by molar-refractivity contribution is 6.09. The third-order valence-corrected chi connectivity index (χ3v) is 4.23. The number of phenolic OH excluding ortho intramolecular Hbond substituents is 1. The molecule has 6 nitrogen and oxygen atoms in total. The van der Waals surface area contributed by atoms with Crippen LogP contribution < -0.4 is 10.1 Å². The van der Waals surface area contributed by atoms with E-state index in [0.29, 0.717) is 22.6 Å². The number of nitrogens with zero attached hydrogens (tertiary/aromatic N) is 2. The molecule has 0 fully saturated rings. The Morgan fingerprint density at radius 1 is 1.00 bits per heavy atom. The number of hydrogen-bond acceptors (Lipinski definition) is 5. The van der Waals surface area contributed by atoms with Crippen molar-refractivity contribution < 1.29 is 14.6 Å². The average molecular weight is 395 g/mol. The van der Waals surface area contributed by atoms with Gasteiger partial charge in [-0.2, -0.15) is 10.5 Å². The molecule has 0 aliphatic carbocycles. The molecular formula is C24H17N3O3. The summed E-state index contributed by atoms with van der Waals surface area (Å²) in [7, 11) is 0. The SMILES string of the molecule is N#C/C(=C/c1ccccc1OCc1ccccc1C#N)C(=O)Nc1ccc(O)cc1. The highest BCUT2D eigenvalue weighted by Crippen LogP contribution is 2.23. The van der Waals surface area contributed by atoms with E-state index in [1.165, 1.54) is 30.3 Å². The maximum absolute atomic E-state index is 12.5. The summed E-state index contributed by atoms with van der Waals surface area (Å²) in [4.78, 5) is 12.5. The third-order valence-electron chi connectivity index (χ3n) is 4.23. The van der Waals surface area contributed by atoms with Crippen LogP contribution in [0, 0.1) is 22.7 Å². The summed E-state index contributed by atoms with van der Waals surface area (Å²) >= 11 is 0. The van der Waals surface area contributed by atoms with Gasteiger partial charge < -0.3 is 15.2 Å². The zero-order valence-corrected chi connectivity index (χ0v) is 15.9. The number of nitrogens with one attached hydrogen (secondary N) is 1. The Bertz CT molecular complexity index is 1170. The summed E-state index contributed by atoms with van der Waals surface area (Å²) < 4.78 is 5.86. The number of carbonyl (C=O) groups excluding carboxylic acids is 1. The molecule has 0 spiro atoms. The number of para-hydroxylation sites is 1. The molecule has 0 radical (unpaired) electrons. The van der Waals surface area contributed by atoms with Crippen molar-refractivity contribution in [2.45, 2.75) is 6.61 Å². The van der Waals surface area contributed by atoms with Crippen molar-refractivity contribution in [2.24, 2.45) is 0 Å². The van der Waals surface area contributed by atoms with Gasteiger partial charge in [0.15, 0.2) is 0 Å². The predicted octanol–water partition coefficient (Wildman–Crippen LogP) is 4.39. The molecule has 3 rings (SSSR count). The topological polar surface area (TPSA) is 106 Å². The molecule has 0 aromatic heterocycles. The zero-order valence-electron chi connectivity index (χ0n) is 15.9. The molecule has 0 bridgehead atoms. The summed E-state index contributed by atoms with van der Waals surface area (Å²) in [5, 5.41) is 30.6. The Kier molecular flexibility index (Phi) is 6.45. The third kappa shape index (κ3) is 5.03. The maximum Gasteiger partial charge on any atom is 0.266 e. The van der Waals surface area contributed by atoms with E-state index in [1.54, 1.807) is 36.4 Å². The van der Waals surface area contributed by atoms with Gasteiger partial charge in [-0.3, -0.25) is 4.79 Å². The summed E-state index contributed by atoms with van der Waals surface area (Å²) in [6.45, 7) is 0.177. The lowest BCUT2D eigenvalue weighted by molar-refractivity contribution is -0.112. The van der Waals surface area contributed by atoms with Crippen LogP contribution in [0.4, 0.5) is 5.69 Å². The Morgan fingerprint density at radius 3 is 2.43 bits per heavy atom. The summed E-state index contributed by atoms with van der Waals surface area (Å²) in [6.07, 6.45) is 1.45. The quantitative estimate of drug-likeness (QED) is 0.366. The first-order valence-corrected chi connectivity index (χ1v) is 9.02.